The Morgan fingerprint density at radius 3 is 2.52 bits per heavy atom. The molecular formula is C20H21N2O5PS. The van der Waals surface area contributed by atoms with E-state index in [0.717, 1.165) is 27.6 Å². The molecule has 2 aromatic carbocycles. The van der Waals surface area contributed by atoms with Gasteiger partial charge in [-0.05, 0) is 32.6 Å². The van der Waals surface area contributed by atoms with Crippen LogP contribution in [0.3, 0.4) is 0 Å². The molecule has 2 aromatic rings. The predicted octanol–water partition coefficient (Wildman–Crippen LogP) is 5.45. The molecule has 2 unspecified atom stereocenters. The maximum Gasteiger partial charge on any atom is 0.647 e. The van der Waals surface area contributed by atoms with Gasteiger partial charge in [0.25, 0.3) is 0 Å². The molecule has 0 amide bonds. The number of benzene rings is 2. The van der Waals surface area contributed by atoms with Gasteiger partial charge in [-0.3, -0.25) is 9.69 Å². The van der Waals surface area contributed by atoms with Crippen LogP contribution >= 0.6 is 19.6 Å². The fourth-order valence-electron chi connectivity index (χ4n) is 4.10. The number of ketones is 1. The predicted molar refractivity (Wildman–Crippen MR) is 111 cm³/mol. The SMILES string of the molecule is CCC(=O)c1c2c3c4c(c1OP(=O)(O2)O3)Sc1ccccc1N4C(CC)N(C)C. The second-order valence-corrected chi connectivity index (χ2v) is 9.82. The van der Waals surface area contributed by atoms with Gasteiger partial charge in [0.2, 0.25) is 5.75 Å². The van der Waals surface area contributed by atoms with Crippen molar-refractivity contribution in [1.82, 2.24) is 4.90 Å². The minimum absolute atomic E-state index is 0.0159. The Kier molecular flexibility index (Phi) is 4.18. The first-order chi connectivity index (χ1) is 13.9. The average Bonchev–Trinajstić information content (AvgIpc) is 2.91. The number of anilines is 2. The van der Waals surface area contributed by atoms with Crippen molar-refractivity contribution in [2.75, 3.05) is 19.0 Å². The van der Waals surface area contributed by atoms with Crippen LogP contribution in [0.2, 0.25) is 0 Å². The molecule has 7 nitrogen and oxygen atoms in total. The lowest BCUT2D eigenvalue weighted by molar-refractivity contribution is 0.0983. The van der Waals surface area contributed by atoms with E-state index in [0.29, 0.717) is 17.1 Å². The number of hydrogen-bond acceptors (Lipinski definition) is 8. The number of rotatable bonds is 5. The van der Waals surface area contributed by atoms with E-state index in [9.17, 15) is 9.36 Å². The normalized spacial score (nSPS) is 21.2. The van der Waals surface area contributed by atoms with Gasteiger partial charge < -0.3 is 18.5 Å². The average molecular weight is 432 g/mol. The van der Waals surface area contributed by atoms with Crippen LogP contribution in [-0.4, -0.2) is 30.9 Å². The Labute approximate surface area is 173 Å². The number of phosphoric ester groups is 1. The summed E-state index contributed by atoms with van der Waals surface area (Å²) in [5, 5.41) is 0. The van der Waals surface area contributed by atoms with Crippen LogP contribution in [-0.2, 0) is 4.57 Å². The highest BCUT2D eigenvalue weighted by Crippen LogP contribution is 2.73. The van der Waals surface area contributed by atoms with Gasteiger partial charge in [0, 0.05) is 11.3 Å². The van der Waals surface area contributed by atoms with E-state index in [4.69, 9.17) is 13.6 Å². The second-order valence-electron chi connectivity index (χ2n) is 7.33. The number of Topliss-reactive ketones (excluding diaryl/α,β-unsaturated/α-hetero) is 1. The molecule has 3 bridgehead atoms. The lowest BCUT2D eigenvalue weighted by Gasteiger charge is -2.41. The van der Waals surface area contributed by atoms with Crippen LogP contribution in [0.15, 0.2) is 34.1 Å². The van der Waals surface area contributed by atoms with Gasteiger partial charge in [-0.15, -0.1) is 0 Å². The minimum atomic E-state index is -3.79. The van der Waals surface area contributed by atoms with Crippen molar-refractivity contribution < 1.29 is 22.9 Å². The molecule has 29 heavy (non-hydrogen) atoms. The van der Waals surface area contributed by atoms with Crippen LogP contribution in [0.1, 0.15) is 37.0 Å². The summed E-state index contributed by atoms with van der Waals surface area (Å²) in [6, 6.07) is 8.07. The summed E-state index contributed by atoms with van der Waals surface area (Å²) in [6.45, 7) is 3.89. The van der Waals surface area contributed by atoms with Crippen molar-refractivity contribution in [3.63, 3.8) is 0 Å². The first-order valence-electron chi connectivity index (χ1n) is 9.57. The van der Waals surface area contributed by atoms with Gasteiger partial charge >= 0.3 is 7.82 Å². The smallest absolute Gasteiger partial charge is 0.384 e. The van der Waals surface area contributed by atoms with Gasteiger partial charge in [-0.2, -0.15) is 4.57 Å². The maximum absolute atomic E-state index is 12.9. The van der Waals surface area contributed by atoms with E-state index in [2.05, 4.69) is 22.8 Å². The van der Waals surface area contributed by atoms with Gasteiger partial charge in [0.1, 0.15) is 11.3 Å². The summed E-state index contributed by atoms with van der Waals surface area (Å²) in [6.07, 6.45) is 1.14. The van der Waals surface area contributed by atoms with Crippen LogP contribution in [0, 0.1) is 0 Å². The Bertz CT molecular complexity index is 1100. The highest BCUT2D eigenvalue weighted by molar-refractivity contribution is 8.00. The molecule has 2 atom stereocenters. The summed E-state index contributed by atoms with van der Waals surface area (Å²) in [5.41, 5.74) is 2.11. The molecule has 5 rings (SSSR count). The molecule has 0 fully saturated rings. The van der Waals surface area contributed by atoms with Crippen LogP contribution in [0.5, 0.6) is 17.2 Å². The molecule has 3 aliphatic rings. The first kappa shape index (κ1) is 18.9. The number of hydrogen-bond donors (Lipinski definition) is 0. The van der Waals surface area contributed by atoms with Crippen molar-refractivity contribution >= 4 is 36.7 Å². The standard InChI is InChI=1S/C20H21N2O5PS/c1-5-12(23)15-17-19-16-20(18(15)26-28(24,25-17)27-19)29-13-10-8-7-9-11(13)22(16)14(6-2)21(3)4/h7-10,14H,5-6H2,1-4H3. The number of carbonyl (C=O) groups is 1. The first-order valence-corrected chi connectivity index (χ1v) is 11.8. The lowest BCUT2D eigenvalue weighted by atomic mass is 10.0. The highest BCUT2D eigenvalue weighted by Gasteiger charge is 2.55. The Morgan fingerprint density at radius 1 is 1.14 bits per heavy atom. The van der Waals surface area contributed by atoms with Crippen molar-refractivity contribution in [2.45, 2.75) is 42.6 Å². The quantitative estimate of drug-likeness (QED) is 0.456. The largest absolute Gasteiger partial charge is 0.647 e. The molecule has 0 spiro atoms. The van der Waals surface area contributed by atoms with Crippen molar-refractivity contribution in [3.05, 3.63) is 29.8 Å². The Balaban J connectivity index is 1.84. The van der Waals surface area contributed by atoms with E-state index < -0.39 is 7.82 Å². The van der Waals surface area contributed by atoms with E-state index >= 15 is 0 Å². The van der Waals surface area contributed by atoms with Gasteiger partial charge in [0.05, 0.1) is 16.7 Å². The molecule has 0 radical (unpaired) electrons. The van der Waals surface area contributed by atoms with Crippen LogP contribution < -0.4 is 18.5 Å². The Morgan fingerprint density at radius 2 is 1.83 bits per heavy atom. The summed E-state index contributed by atoms with van der Waals surface area (Å²) < 4.78 is 29.9. The van der Waals surface area contributed by atoms with Gasteiger partial charge in [-0.25, -0.2) is 0 Å². The summed E-state index contributed by atoms with van der Waals surface area (Å²) in [4.78, 5) is 18.8. The fourth-order valence-corrected chi connectivity index (χ4v) is 6.64. The molecule has 3 aliphatic heterocycles. The van der Waals surface area contributed by atoms with Crippen LogP contribution in [0.4, 0.5) is 11.4 Å². The van der Waals surface area contributed by atoms with E-state index in [1.54, 1.807) is 6.92 Å². The number of nitrogens with zero attached hydrogens (tertiary/aromatic N) is 2. The number of fused-ring (bicyclic) bond motifs is 6. The zero-order valence-corrected chi connectivity index (χ0v) is 18.3. The van der Waals surface area contributed by atoms with Gasteiger partial charge in [-0.1, -0.05) is 37.7 Å². The third-order valence-corrected chi connectivity index (χ3v) is 7.71. The molecule has 0 saturated heterocycles. The third kappa shape index (κ3) is 2.56. The Hall–Kier alpha value is -2.15. The zero-order valence-electron chi connectivity index (χ0n) is 16.6. The highest BCUT2D eigenvalue weighted by atomic mass is 32.2. The minimum Gasteiger partial charge on any atom is -0.384 e. The van der Waals surface area contributed by atoms with Gasteiger partial charge in [0.15, 0.2) is 17.3 Å². The van der Waals surface area contributed by atoms with Crippen molar-refractivity contribution in [3.8, 4) is 17.2 Å². The summed E-state index contributed by atoms with van der Waals surface area (Å²) in [7, 11) is 0.247. The fraction of sp³-hybridized carbons (Fsp3) is 0.350. The monoisotopic (exact) mass is 432 g/mol. The maximum atomic E-state index is 12.9. The van der Waals surface area contributed by atoms with Crippen molar-refractivity contribution in [1.29, 1.82) is 0 Å². The molecule has 152 valence electrons. The molecular weight excluding hydrogens is 411 g/mol. The summed E-state index contributed by atoms with van der Waals surface area (Å²) in [5.74, 6) is 0.778. The number of carbonyl (C=O) groups excluding carboxylic acids is 1. The van der Waals surface area contributed by atoms with E-state index in [-0.39, 0.29) is 24.1 Å². The van der Waals surface area contributed by atoms with E-state index in [1.807, 2.05) is 32.3 Å². The van der Waals surface area contributed by atoms with E-state index in [1.165, 1.54) is 11.8 Å². The number of phosphoric acid groups is 1. The molecule has 3 heterocycles. The topological polar surface area (TPSA) is 68.3 Å². The summed E-state index contributed by atoms with van der Waals surface area (Å²) >= 11 is 1.51. The molecule has 0 aromatic heterocycles. The number of para-hydroxylation sites is 1. The molecule has 9 heteroatoms. The third-order valence-electron chi connectivity index (χ3n) is 5.34. The second kappa shape index (κ2) is 6.42. The van der Waals surface area contributed by atoms with Crippen LogP contribution in [0.25, 0.3) is 0 Å². The molecule has 0 N–H and O–H groups in total. The van der Waals surface area contributed by atoms with Crippen molar-refractivity contribution in [2.24, 2.45) is 0 Å². The zero-order chi connectivity index (χ0) is 20.5. The molecule has 0 saturated carbocycles. The lowest BCUT2D eigenvalue weighted by Crippen LogP contribution is -2.43. The molecule has 0 aliphatic carbocycles.